The minimum Gasteiger partial charge on any atom is -0.385 e. The Kier molecular flexibility index (Phi) is 6.60. The van der Waals surface area contributed by atoms with Crippen molar-refractivity contribution < 1.29 is 4.74 Å². The lowest BCUT2D eigenvalue weighted by Gasteiger charge is -2.15. The van der Waals surface area contributed by atoms with Gasteiger partial charge in [0.1, 0.15) is 0 Å². The molecule has 0 aliphatic heterocycles. The Morgan fingerprint density at radius 2 is 2.22 bits per heavy atom. The van der Waals surface area contributed by atoms with Crippen LogP contribution in [0.1, 0.15) is 43.2 Å². The third-order valence-electron chi connectivity index (χ3n) is 3.15. The Morgan fingerprint density at radius 3 is 2.78 bits per heavy atom. The fraction of sp³-hybridized carbons (Fsp3) is 0.769. The van der Waals surface area contributed by atoms with E-state index in [4.69, 9.17) is 15.5 Å². The van der Waals surface area contributed by atoms with Gasteiger partial charge in [-0.15, -0.1) is 11.3 Å². The third-order valence-corrected chi connectivity index (χ3v) is 4.36. The van der Waals surface area contributed by atoms with Gasteiger partial charge >= 0.3 is 0 Å². The minimum absolute atomic E-state index is 0.487. The van der Waals surface area contributed by atoms with Gasteiger partial charge in [0.25, 0.3) is 0 Å². The number of hydrogen-bond acceptors (Lipinski definition) is 5. The number of hydrogen-bond donors (Lipinski definition) is 1. The summed E-state index contributed by atoms with van der Waals surface area (Å²) in [5.74, 6) is 0.487. The van der Waals surface area contributed by atoms with E-state index in [0.29, 0.717) is 12.5 Å². The summed E-state index contributed by atoms with van der Waals surface area (Å²) < 4.78 is 5.07. The van der Waals surface area contributed by atoms with Crippen LogP contribution in [0.25, 0.3) is 0 Å². The average Bonchev–Trinajstić information content (AvgIpc) is 2.82. The van der Waals surface area contributed by atoms with Gasteiger partial charge in [0.05, 0.1) is 5.69 Å². The molecule has 0 aliphatic carbocycles. The third kappa shape index (κ3) is 3.93. The predicted molar refractivity (Wildman–Crippen MR) is 78.5 cm³/mol. The molecule has 1 heterocycles. The van der Waals surface area contributed by atoms with Crippen molar-refractivity contribution in [1.29, 1.82) is 0 Å². The molecule has 18 heavy (non-hydrogen) atoms. The SMILES string of the molecule is CCC(C)c1nc(N(C)CCCOC)sc1CN. The molecule has 0 bridgehead atoms. The summed E-state index contributed by atoms with van der Waals surface area (Å²) in [6.07, 6.45) is 2.12. The Labute approximate surface area is 114 Å². The second-order valence-electron chi connectivity index (χ2n) is 4.59. The fourth-order valence-corrected chi connectivity index (χ4v) is 2.83. The molecule has 0 amide bonds. The number of ether oxygens (including phenoxy) is 1. The van der Waals surface area contributed by atoms with Crippen LogP contribution in [-0.2, 0) is 11.3 Å². The highest BCUT2D eigenvalue weighted by Crippen LogP contribution is 2.31. The number of nitrogens with two attached hydrogens (primary N) is 1. The molecule has 4 nitrogen and oxygen atoms in total. The van der Waals surface area contributed by atoms with Crippen LogP contribution in [0.15, 0.2) is 0 Å². The van der Waals surface area contributed by atoms with E-state index < -0.39 is 0 Å². The number of nitrogens with zero attached hydrogens (tertiary/aromatic N) is 2. The quantitative estimate of drug-likeness (QED) is 0.738. The smallest absolute Gasteiger partial charge is 0.185 e. The summed E-state index contributed by atoms with van der Waals surface area (Å²) >= 11 is 1.72. The summed E-state index contributed by atoms with van der Waals surface area (Å²) in [7, 11) is 3.81. The molecule has 1 unspecified atom stereocenters. The van der Waals surface area contributed by atoms with Gasteiger partial charge in [0.15, 0.2) is 5.13 Å². The van der Waals surface area contributed by atoms with E-state index in [-0.39, 0.29) is 0 Å². The lowest BCUT2D eigenvalue weighted by atomic mass is 10.0. The number of thiazole rings is 1. The van der Waals surface area contributed by atoms with Crippen LogP contribution in [0.3, 0.4) is 0 Å². The maximum absolute atomic E-state index is 5.81. The highest BCUT2D eigenvalue weighted by Gasteiger charge is 2.16. The number of anilines is 1. The van der Waals surface area contributed by atoms with Gasteiger partial charge in [-0.2, -0.15) is 0 Å². The summed E-state index contributed by atoms with van der Waals surface area (Å²) in [6.45, 7) is 6.74. The number of aromatic nitrogens is 1. The van der Waals surface area contributed by atoms with Gasteiger partial charge in [0.2, 0.25) is 0 Å². The predicted octanol–water partition coefficient (Wildman–Crippen LogP) is 2.59. The summed E-state index contributed by atoms with van der Waals surface area (Å²) in [4.78, 5) is 8.16. The van der Waals surface area contributed by atoms with Crippen molar-refractivity contribution >= 4 is 16.5 Å². The molecule has 2 N–H and O–H groups in total. The summed E-state index contributed by atoms with van der Waals surface area (Å²) in [5, 5.41) is 1.07. The monoisotopic (exact) mass is 271 g/mol. The van der Waals surface area contributed by atoms with Crippen LogP contribution in [0, 0.1) is 0 Å². The molecule has 0 saturated carbocycles. The van der Waals surface area contributed by atoms with Crippen molar-refractivity contribution in [3.05, 3.63) is 10.6 Å². The van der Waals surface area contributed by atoms with Crippen molar-refractivity contribution in [2.24, 2.45) is 5.73 Å². The summed E-state index contributed by atoms with van der Waals surface area (Å²) in [6, 6.07) is 0. The first-order valence-electron chi connectivity index (χ1n) is 6.53. The summed E-state index contributed by atoms with van der Waals surface area (Å²) in [5.41, 5.74) is 6.99. The van der Waals surface area contributed by atoms with Gasteiger partial charge in [-0.1, -0.05) is 13.8 Å². The van der Waals surface area contributed by atoms with Crippen LogP contribution >= 0.6 is 11.3 Å². The maximum Gasteiger partial charge on any atom is 0.185 e. The Hall–Kier alpha value is -0.650. The van der Waals surface area contributed by atoms with Gasteiger partial charge in [0, 0.05) is 38.7 Å². The van der Waals surface area contributed by atoms with Crippen molar-refractivity contribution in [3.63, 3.8) is 0 Å². The van der Waals surface area contributed by atoms with Crippen LogP contribution in [-0.4, -0.2) is 32.3 Å². The molecule has 0 spiro atoms. The van der Waals surface area contributed by atoms with Gasteiger partial charge in [-0.3, -0.25) is 0 Å². The molecule has 1 aromatic rings. The Bertz CT molecular complexity index is 354. The van der Waals surface area contributed by atoms with Crippen molar-refractivity contribution in [1.82, 2.24) is 4.98 Å². The number of rotatable bonds is 8. The van der Waals surface area contributed by atoms with Crippen molar-refractivity contribution in [2.75, 3.05) is 32.2 Å². The molecule has 5 heteroatoms. The standard InChI is InChI=1S/C13H25N3OS/c1-5-10(2)12-11(9-14)18-13(15-12)16(3)7-6-8-17-4/h10H,5-9,14H2,1-4H3. The van der Waals surface area contributed by atoms with Crippen molar-refractivity contribution in [2.45, 2.75) is 39.2 Å². The van der Waals surface area contributed by atoms with E-state index in [1.54, 1.807) is 18.4 Å². The fourth-order valence-electron chi connectivity index (χ4n) is 1.78. The van der Waals surface area contributed by atoms with E-state index in [9.17, 15) is 0 Å². The second-order valence-corrected chi connectivity index (χ2v) is 5.65. The van der Waals surface area contributed by atoms with Crippen LogP contribution in [0.2, 0.25) is 0 Å². The molecular formula is C13H25N3OS. The molecule has 0 aliphatic rings. The highest BCUT2D eigenvalue weighted by atomic mass is 32.1. The van der Waals surface area contributed by atoms with Crippen molar-refractivity contribution in [3.8, 4) is 0 Å². The largest absolute Gasteiger partial charge is 0.385 e. The lowest BCUT2D eigenvalue weighted by molar-refractivity contribution is 0.196. The Morgan fingerprint density at radius 1 is 1.50 bits per heavy atom. The zero-order valence-electron chi connectivity index (χ0n) is 11.9. The maximum atomic E-state index is 5.81. The number of methoxy groups -OCH3 is 1. The first-order valence-corrected chi connectivity index (χ1v) is 7.35. The molecule has 1 atom stereocenters. The second kappa shape index (κ2) is 7.71. The van der Waals surface area contributed by atoms with Crippen LogP contribution in [0.5, 0.6) is 0 Å². The van der Waals surface area contributed by atoms with Gasteiger partial charge in [-0.05, 0) is 18.8 Å². The zero-order chi connectivity index (χ0) is 13.5. The molecular weight excluding hydrogens is 246 g/mol. The first kappa shape index (κ1) is 15.4. The van der Waals surface area contributed by atoms with Crippen LogP contribution < -0.4 is 10.6 Å². The molecule has 104 valence electrons. The van der Waals surface area contributed by atoms with Gasteiger partial charge in [-0.25, -0.2) is 4.98 Å². The van der Waals surface area contributed by atoms with Gasteiger partial charge < -0.3 is 15.4 Å². The molecule has 1 rings (SSSR count). The highest BCUT2D eigenvalue weighted by molar-refractivity contribution is 7.15. The lowest BCUT2D eigenvalue weighted by Crippen LogP contribution is -2.19. The zero-order valence-corrected chi connectivity index (χ0v) is 12.7. The Balaban J connectivity index is 2.74. The van der Waals surface area contributed by atoms with E-state index in [2.05, 4.69) is 25.8 Å². The first-order chi connectivity index (χ1) is 8.63. The minimum atomic E-state index is 0.487. The topological polar surface area (TPSA) is 51.4 Å². The van der Waals surface area contributed by atoms with E-state index in [1.807, 2.05) is 0 Å². The molecule has 0 radical (unpaired) electrons. The van der Waals surface area contributed by atoms with Crippen LogP contribution in [0.4, 0.5) is 5.13 Å². The van der Waals surface area contributed by atoms with E-state index >= 15 is 0 Å². The van der Waals surface area contributed by atoms with E-state index in [0.717, 1.165) is 31.1 Å². The van der Waals surface area contributed by atoms with E-state index in [1.165, 1.54) is 10.6 Å². The molecule has 1 aromatic heterocycles. The normalized spacial score (nSPS) is 12.7. The molecule has 0 aromatic carbocycles. The molecule has 0 saturated heterocycles. The average molecular weight is 271 g/mol. The molecule has 0 fully saturated rings.